The normalized spacial score (nSPS) is 23.5. The van der Waals surface area contributed by atoms with E-state index in [1.165, 1.54) is 17.8 Å². The molecule has 1 atom stereocenters. The van der Waals surface area contributed by atoms with Crippen LogP contribution in [-0.4, -0.2) is 42.4 Å². The Morgan fingerprint density at radius 2 is 2.08 bits per heavy atom. The van der Waals surface area contributed by atoms with Gasteiger partial charge in [-0.1, -0.05) is 37.7 Å². The van der Waals surface area contributed by atoms with E-state index in [-0.39, 0.29) is 10.8 Å². The molecule has 134 valence electrons. The number of hydrogen-bond donors (Lipinski definition) is 2. The summed E-state index contributed by atoms with van der Waals surface area (Å²) in [6, 6.07) is 5.02. The summed E-state index contributed by atoms with van der Waals surface area (Å²) in [4.78, 5) is 6.29. The third-order valence-electron chi connectivity index (χ3n) is 4.09. The number of sulfonamides is 1. The largest absolute Gasteiger partial charge is 0.366 e. The van der Waals surface area contributed by atoms with Gasteiger partial charge < -0.3 is 10.0 Å². The average Bonchev–Trinajstić information content (AvgIpc) is 2.83. The number of nitrogens with zero attached hydrogens (tertiary/aromatic N) is 2. The lowest BCUT2D eigenvalue weighted by atomic mass is 9.97. The zero-order valence-electron chi connectivity index (χ0n) is 14.5. The molecular weight excluding hydrogens is 346 g/mol. The van der Waals surface area contributed by atoms with Crippen LogP contribution in [-0.2, 0) is 15.7 Å². The molecule has 1 saturated heterocycles. The van der Waals surface area contributed by atoms with Crippen LogP contribution in [0, 0.1) is 0 Å². The summed E-state index contributed by atoms with van der Waals surface area (Å²) in [5.41, 5.74) is -0.116. The molecule has 2 rings (SSSR count). The lowest BCUT2D eigenvalue weighted by Gasteiger charge is -2.34. The number of amidine groups is 1. The van der Waals surface area contributed by atoms with Gasteiger partial charge in [0.2, 0.25) is 10.0 Å². The van der Waals surface area contributed by atoms with E-state index >= 15 is 0 Å². The van der Waals surface area contributed by atoms with Crippen LogP contribution in [0.4, 0.5) is 0 Å². The smallest absolute Gasteiger partial charge is 0.238 e. The predicted molar refractivity (Wildman–Crippen MR) is 98.6 cm³/mol. The van der Waals surface area contributed by atoms with Crippen molar-refractivity contribution in [2.45, 2.75) is 44.2 Å². The van der Waals surface area contributed by atoms with Gasteiger partial charge in [-0.15, -0.1) is 0 Å². The van der Waals surface area contributed by atoms with Gasteiger partial charge in [-0.3, -0.25) is 4.99 Å². The van der Waals surface area contributed by atoms with Crippen molar-refractivity contribution in [2.24, 2.45) is 10.1 Å². The lowest BCUT2D eigenvalue weighted by Crippen LogP contribution is -2.45. The van der Waals surface area contributed by atoms with E-state index in [0.717, 1.165) is 5.17 Å². The van der Waals surface area contributed by atoms with Crippen LogP contribution in [0.3, 0.4) is 0 Å². The standard InChI is InChI=1S/C16H25N3O3S2/c1-5-18-15-19(6-2)16(20,10-23-15)12-7-8-13(11(3)4)14(9-12)24(17,21)22/h7-9,11,20H,5-6,10H2,1-4H3,(H2,17,21,22). The first-order valence-corrected chi connectivity index (χ1v) is 10.5. The number of nitrogens with two attached hydrogens (primary N) is 1. The van der Waals surface area contributed by atoms with E-state index in [1.54, 1.807) is 17.0 Å². The molecule has 24 heavy (non-hydrogen) atoms. The topological polar surface area (TPSA) is 96.0 Å². The molecule has 0 aromatic heterocycles. The molecule has 0 radical (unpaired) electrons. The summed E-state index contributed by atoms with van der Waals surface area (Å²) in [7, 11) is -3.87. The molecule has 8 heteroatoms. The van der Waals surface area contributed by atoms with E-state index in [0.29, 0.717) is 30.0 Å². The first kappa shape index (κ1) is 19.2. The van der Waals surface area contributed by atoms with Crippen molar-refractivity contribution < 1.29 is 13.5 Å². The average molecular weight is 372 g/mol. The number of benzene rings is 1. The summed E-state index contributed by atoms with van der Waals surface area (Å²) in [6.07, 6.45) is 0. The van der Waals surface area contributed by atoms with Crippen LogP contribution in [0.1, 0.15) is 44.7 Å². The monoisotopic (exact) mass is 371 g/mol. The summed E-state index contributed by atoms with van der Waals surface area (Å²) in [5, 5.41) is 17.4. The fraction of sp³-hybridized carbons (Fsp3) is 0.562. The van der Waals surface area contributed by atoms with Crippen molar-refractivity contribution in [1.29, 1.82) is 0 Å². The molecular formula is C16H25N3O3S2. The summed E-state index contributed by atoms with van der Waals surface area (Å²) in [6.45, 7) is 8.89. The molecule has 1 aliphatic rings. The molecule has 0 saturated carbocycles. The fourth-order valence-corrected chi connectivity index (χ4v) is 5.12. The van der Waals surface area contributed by atoms with Crippen molar-refractivity contribution >= 4 is 27.0 Å². The van der Waals surface area contributed by atoms with Gasteiger partial charge >= 0.3 is 0 Å². The van der Waals surface area contributed by atoms with Crippen molar-refractivity contribution in [1.82, 2.24) is 4.90 Å². The lowest BCUT2D eigenvalue weighted by molar-refractivity contribution is -0.0455. The molecule has 1 aliphatic heterocycles. The highest BCUT2D eigenvalue weighted by atomic mass is 32.2. The molecule has 1 fully saturated rings. The Hall–Kier alpha value is -1.09. The minimum Gasteiger partial charge on any atom is -0.366 e. The van der Waals surface area contributed by atoms with Gasteiger partial charge in [0.05, 0.1) is 10.6 Å². The van der Waals surface area contributed by atoms with Crippen LogP contribution in [0.15, 0.2) is 28.1 Å². The van der Waals surface area contributed by atoms with E-state index in [9.17, 15) is 13.5 Å². The predicted octanol–water partition coefficient (Wildman–Crippen LogP) is 2.05. The van der Waals surface area contributed by atoms with Gasteiger partial charge in [-0.2, -0.15) is 0 Å². The van der Waals surface area contributed by atoms with E-state index in [4.69, 9.17) is 5.14 Å². The fourth-order valence-electron chi connectivity index (χ4n) is 2.89. The first-order valence-electron chi connectivity index (χ1n) is 7.99. The highest BCUT2D eigenvalue weighted by Gasteiger charge is 2.44. The Morgan fingerprint density at radius 1 is 1.42 bits per heavy atom. The van der Waals surface area contributed by atoms with E-state index < -0.39 is 15.7 Å². The van der Waals surface area contributed by atoms with Gasteiger partial charge in [0.25, 0.3) is 0 Å². The Labute approximate surface area is 148 Å². The maximum absolute atomic E-state index is 12.0. The second-order valence-corrected chi connectivity index (χ2v) is 8.53. The maximum atomic E-state index is 12.0. The minimum absolute atomic E-state index is 0.0134. The van der Waals surface area contributed by atoms with Crippen LogP contribution in [0.25, 0.3) is 0 Å². The van der Waals surface area contributed by atoms with Crippen molar-refractivity contribution in [3.63, 3.8) is 0 Å². The highest BCUT2D eigenvalue weighted by molar-refractivity contribution is 8.14. The zero-order valence-corrected chi connectivity index (χ0v) is 16.1. The Morgan fingerprint density at radius 3 is 2.58 bits per heavy atom. The van der Waals surface area contributed by atoms with Crippen LogP contribution < -0.4 is 5.14 Å². The number of aliphatic imine (C=N–C) groups is 1. The number of aliphatic hydroxyl groups is 1. The Kier molecular flexibility index (Phi) is 5.64. The number of hydrogen-bond acceptors (Lipinski definition) is 5. The third-order valence-corrected chi connectivity index (χ3v) is 6.22. The Bertz CT molecular complexity index is 747. The van der Waals surface area contributed by atoms with Crippen LogP contribution >= 0.6 is 11.8 Å². The quantitative estimate of drug-likeness (QED) is 0.826. The van der Waals surface area contributed by atoms with Crippen LogP contribution in [0.5, 0.6) is 0 Å². The van der Waals surface area contributed by atoms with Gasteiger partial charge in [-0.05, 0) is 31.4 Å². The molecule has 0 amide bonds. The molecule has 0 spiro atoms. The van der Waals surface area contributed by atoms with Crippen molar-refractivity contribution in [3.05, 3.63) is 29.3 Å². The number of thioether (sulfide) groups is 1. The van der Waals surface area contributed by atoms with E-state index in [2.05, 4.69) is 4.99 Å². The Balaban J connectivity index is 2.58. The zero-order chi connectivity index (χ0) is 18.1. The minimum atomic E-state index is -3.87. The molecule has 1 aromatic carbocycles. The molecule has 0 bridgehead atoms. The molecule has 6 nitrogen and oxygen atoms in total. The summed E-state index contributed by atoms with van der Waals surface area (Å²) in [5.74, 6) is 0.407. The molecule has 3 N–H and O–H groups in total. The first-order chi connectivity index (χ1) is 11.1. The second-order valence-electron chi connectivity index (χ2n) is 6.06. The van der Waals surface area contributed by atoms with E-state index in [1.807, 2.05) is 27.7 Å². The second kappa shape index (κ2) is 7.03. The summed E-state index contributed by atoms with van der Waals surface area (Å²) < 4.78 is 24.0. The molecule has 1 unspecified atom stereocenters. The SMILES string of the molecule is CCN=C1SCC(O)(c2ccc(C(C)C)c(S(N)(=O)=O)c2)N1CC. The molecule has 1 aromatic rings. The number of primary sulfonamides is 1. The molecule has 1 heterocycles. The van der Waals surface area contributed by atoms with Gasteiger partial charge in [0.15, 0.2) is 10.9 Å². The van der Waals surface area contributed by atoms with Crippen molar-refractivity contribution in [3.8, 4) is 0 Å². The highest BCUT2D eigenvalue weighted by Crippen LogP contribution is 2.40. The maximum Gasteiger partial charge on any atom is 0.238 e. The van der Waals surface area contributed by atoms with Crippen molar-refractivity contribution in [2.75, 3.05) is 18.8 Å². The van der Waals surface area contributed by atoms with Gasteiger partial charge in [-0.25, -0.2) is 13.6 Å². The number of rotatable bonds is 5. The van der Waals surface area contributed by atoms with Crippen LogP contribution in [0.2, 0.25) is 0 Å². The van der Waals surface area contributed by atoms with Gasteiger partial charge in [0.1, 0.15) is 0 Å². The third kappa shape index (κ3) is 3.46. The molecule has 0 aliphatic carbocycles. The summed E-state index contributed by atoms with van der Waals surface area (Å²) >= 11 is 1.47. The van der Waals surface area contributed by atoms with Gasteiger partial charge in [0, 0.05) is 18.7 Å².